The second kappa shape index (κ2) is 6.62. The Bertz CT molecular complexity index is 829. The lowest BCUT2D eigenvalue weighted by Crippen LogP contribution is -2.34. The van der Waals surface area contributed by atoms with Gasteiger partial charge >= 0.3 is 0 Å². The molecule has 0 amide bonds. The molecule has 0 unspecified atom stereocenters. The van der Waals surface area contributed by atoms with Gasteiger partial charge in [-0.3, -0.25) is 0 Å². The van der Waals surface area contributed by atoms with Crippen molar-refractivity contribution in [2.45, 2.75) is 32.2 Å². The van der Waals surface area contributed by atoms with Gasteiger partial charge in [0.2, 0.25) is 5.95 Å². The monoisotopic (exact) mass is 338 g/mol. The molecule has 3 aromatic rings. The Morgan fingerprint density at radius 2 is 1.80 bits per heavy atom. The van der Waals surface area contributed by atoms with Crippen molar-refractivity contribution in [2.75, 3.05) is 18.0 Å². The zero-order chi connectivity index (χ0) is 17.2. The number of hydrogen-bond donors (Lipinski definition) is 0. The number of hydrogen-bond acceptors (Lipinski definition) is 6. The van der Waals surface area contributed by atoms with Gasteiger partial charge in [-0.05, 0) is 25.8 Å². The Morgan fingerprint density at radius 1 is 1.04 bits per heavy atom. The maximum absolute atomic E-state index is 4.48. The molecule has 0 radical (unpaired) electrons. The van der Waals surface area contributed by atoms with Crippen molar-refractivity contribution < 1.29 is 0 Å². The molecule has 4 heterocycles. The summed E-state index contributed by atoms with van der Waals surface area (Å²) in [6.45, 7) is 4.58. The smallest absolute Gasteiger partial charge is 0.225 e. The summed E-state index contributed by atoms with van der Waals surface area (Å²) in [5, 5.41) is 8.89. The van der Waals surface area contributed by atoms with Crippen molar-refractivity contribution in [1.29, 1.82) is 0 Å². The van der Waals surface area contributed by atoms with Gasteiger partial charge < -0.3 is 14.0 Å². The molecule has 25 heavy (non-hydrogen) atoms. The summed E-state index contributed by atoms with van der Waals surface area (Å²) in [6.07, 6.45) is 9.45. The van der Waals surface area contributed by atoms with Crippen LogP contribution in [-0.2, 0) is 13.6 Å². The molecule has 3 aromatic heterocycles. The minimum absolute atomic E-state index is 0.426. The quantitative estimate of drug-likeness (QED) is 0.718. The highest BCUT2D eigenvalue weighted by atomic mass is 15.3. The van der Waals surface area contributed by atoms with Gasteiger partial charge in [-0.25, -0.2) is 15.0 Å². The number of piperidine rings is 1. The van der Waals surface area contributed by atoms with Crippen LogP contribution in [0.25, 0.3) is 0 Å². The van der Waals surface area contributed by atoms with Crippen LogP contribution in [0.4, 0.5) is 5.95 Å². The van der Waals surface area contributed by atoms with Crippen LogP contribution >= 0.6 is 0 Å². The lowest BCUT2D eigenvalue weighted by atomic mass is 9.96. The number of imidazole rings is 1. The van der Waals surface area contributed by atoms with Crippen LogP contribution in [0.5, 0.6) is 0 Å². The Balaban J connectivity index is 1.44. The number of anilines is 1. The number of nitrogens with zero attached hydrogens (tertiary/aromatic N) is 8. The third-order valence-corrected chi connectivity index (χ3v) is 4.93. The molecule has 0 spiro atoms. The van der Waals surface area contributed by atoms with Crippen molar-refractivity contribution in [2.24, 2.45) is 7.05 Å². The van der Waals surface area contributed by atoms with Gasteiger partial charge in [0.25, 0.3) is 0 Å². The summed E-state index contributed by atoms with van der Waals surface area (Å²) in [4.78, 5) is 15.2. The second-order valence-electron chi connectivity index (χ2n) is 6.45. The van der Waals surface area contributed by atoms with Crippen molar-refractivity contribution in [3.8, 4) is 0 Å². The molecule has 1 saturated heterocycles. The van der Waals surface area contributed by atoms with E-state index in [0.29, 0.717) is 12.5 Å². The molecule has 1 aliphatic heterocycles. The highest BCUT2D eigenvalue weighted by Crippen LogP contribution is 2.28. The molecule has 4 rings (SSSR count). The van der Waals surface area contributed by atoms with Gasteiger partial charge in [-0.2, -0.15) is 0 Å². The summed E-state index contributed by atoms with van der Waals surface area (Å²) >= 11 is 0. The third-order valence-electron chi connectivity index (χ3n) is 4.93. The minimum atomic E-state index is 0.426. The minimum Gasteiger partial charge on any atom is -0.341 e. The summed E-state index contributed by atoms with van der Waals surface area (Å²) in [5.74, 6) is 4.26. The average Bonchev–Trinajstić information content (AvgIpc) is 3.23. The van der Waals surface area contributed by atoms with Crippen LogP contribution in [-0.4, -0.2) is 47.4 Å². The fourth-order valence-corrected chi connectivity index (χ4v) is 3.38. The lowest BCUT2D eigenvalue weighted by molar-refractivity contribution is 0.467. The van der Waals surface area contributed by atoms with Crippen LogP contribution in [0.1, 0.15) is 36.2 Å². The van der Waals surface area contributed by atoms with Crippen molar-refractivity contribution >= 4 is 5.95 Å². The van der Waals surface area contributed by atoms with Crippen LogP contribution in [0.2, 0.25) is 0 Å². The van der Waals surface area contributed by atoms with Crippen molar-refractivity contribution in [3.05, 3.63) is 48.3 Å². The predicted octanol–water partition coefficient (Wildman–Crippen LogP) is 1.54. The Hall–Kier alpha value is -2.77. The summed E-state index contributed by atoms with van der Waals surface area (Å²) in [7, 11) is 2.06. The summed E-state index contributed by atoms with van der Waals surface area (Å²) < 4.78 is 4.22. The molecular formula is C17H22N8. The summed E-state index contributed by atoms with van der Waals surface area (Å²) in [6, 6.07) is 1.85. The van der Waals surface area contributed by atoms with Gasteiger partial charge in [-0.15, -0.1) is 10.2 Å². The fraction of sp³-hybridized carbons (Fsp3) is 0.471. The van der Waals surface area contributed by atoms with E-state index in [9.17, 15) is 0 Å². The zero-order valence-corrected chi connectivity index (χ0v) is 14.6. The molecule has 130 valence electrons. The molecule has 8 heteroatoms. The molecule has 0 N–H and O–H groups in total. The van der Waals surface area contributed by atoms with Crippen molar-refractivity contribution in [3.63, 3.8) is 0 Å². The molecular weight excluding hydrogens is 316 g/mol. The zero-order valence-electron chi connectivity index (χ0n) is 14.6. The van der Waals surface area contributed by atoms with E-state index in [0.717, 1.165) is 49.4 Å². The normalized spacial score (nSPS) is 15.7. The highest BCUT2D eigenvalue weighted by molar-refractivity contribution is 5.29. The van der Waals surface area contributed by atoms with E-state index in [-0.39, 0.29) is 0 Å². The van der Waals surface area contributed by atoms with Gasteiger partial charge in [-0.1, -0.05) is 0 Å². The molecule has 0 saturated carbocycles. The van der Waals surface area contributed by atoms with E-state index in [1.54, 1.807) is 12.4 Å². The fourth-order valence-electron chi connectivity index (χ4n) is 3.38. The standard InChI is InChI=1S/C17H22N8/c1-13-18-8-11-25(13)12-15-21-22-16(23(15)2)14-4-9-24(10-5-14)17-19-6-3-7-20-17/h3,6-8,11,14H,4-5,9-10,12H2,1-2H3. The average molecular weight is 338 g/mol. The van der Waals surface area contributed by atoms with Gasteiger partial charge in [0.05, 0.1) is 6.54 Å². The maximum atomic E-state index is 4.48. The third kappa shape index (κ3) is 3.11. The first kappa shape index (κ1) is 15.7. The van der Waals surface area contributed by atoms with Gasteiger partial charge in [0.1, 0.15) is 11.6 Å². The lowest BCUT2D eigenvalue weighted by Gasteiger charge is -2.31. The van der Waals surface area contributed by atoms with E-state index in [1.807, 2.05) is 25.4 Å². The largest absolute Gasteiger partial charge is 0.341 e. The summed E-state index contributed by atoms with van der Waals surface area (Å²) in [5.41, 5.74) is 0. The number of aromatic nitrogens is 7. The van der Waals surface area contributed by atoms with Gasteiger partial charge in [0, 0.05) is 50.8 Å². The van der Waals surface area contributed by atoms with Crippen LogP contribution in [0, 0.1) is 6.92 Å². The van der Waals surface area contributed by atoms with E-state index >= 15 is 0 Å². The second-order valence-corrected chi connectivity index (χ2v) is 6.45. The SMILES string of the molecule is Cc1nccn1Cc1nnc(C2CCN(c3ncccn3)CC2)n1C. The van der Waals surface area contributed by atoms with E-state index < -0.39 is 0 Å². The van der Waals surface area contributed by atoms with Crippen LogP contribution < -0.4 is 4.90 Å². The molecule has 0 atom stereocenters. The van der Waals surface area contributed by atoms with Gasteiger partial charge in [0.15, 0.2) is 5.82 Å². The molecule has 0 aliphatic carbocycles. The topological polar surface area (TPSA) is 77.6 Å². The Labute approximate surface area is 146 Å². The Morgan fingerprint density at radius 3 is 2.48 bits per heavy atom. The first-order valence-corrected chi connectivity index (χ1v) is 8.60. The molecule has 8 nitrogen and oxygen atoms in total. The first-order valence-electron chi connectivity index (χ1n) is 8.60. The highest BCUT2D eigenvalue weighted by Gasteiger charge is 2.26. The van der Waals surface area contributed by atoms with Crippen molar-refractivity contribution in [1.82, 2.24) is 34.3 Å². The van der Waals surface area contributed by atoms with Crippen LogP contribution in [0.3, 0.4) is 0 Å². The molecule has 1 aliphatic rings. The molecule has 0 bridgehead atoms. The Kier molecular flexibility index (Phi) is 4.17. The first-order chi connectivity index (χ1) is 12.2. The maximum Gasteiger partial charge on any atom is 0.225 e. The molecule has 1 fully saturated rings. The van der Waals surface area contributed by atoms with E-state index in [4.69, 9.17) is 0 Å². The van der Waals surface area contributed by atoms with E-state index in [1.165, 1.54) is 0 Å². The number of aryl methyl sites for hydroxylation is 1. The predicted molar refractivity (Wildman–Crippen MR) is 93.3 cm³/mol. The van der Waals surface area contributed by atoms with E-state index in [2.05, 4.69) is 46.2 Å². The van der Waals surface area contributed by atoms with Crippen LogP contribution in [0.15, 0.2) is 30.9 Å². The molecule has 0 aromatic carbocycles. The number of rotatable bonds is 4.